The second-order valence-electron chi connectivity index (χ2n) is 7.50. The second kappa shape index (κ2) is 9.94. The van der Waals surface area contributed by atoms with Crippen molar-refractivity contribution < 1.29 is 9.53 Å². The maximum absolute atomic E-state index is 12.5. The molecule has 5 heteroatoms. The van der Waals surface area contributed by atoms with Crippen LogP contribution in [-0.4, -0.2) is 29.1 Å². The zero-order chi connectivity index (χ0) is 21.5. The van der Waals surface area contributed by atoms with Crippen molar-refractivity contribution in [2.45, 2.75) is 25.8 Å². The number of ether oxygens (including phenoxy) is 1. The molecule has 31 heavy (non-hydrogen) atoms. The first-order valence-electron chi connectivity index (χ1n) is 10.6. The van der Waals surface area contributed by atoms with E-state index in [4.69, 9.17) is 9.72 Å². The van der Waals surface area contributed by atoms with E-state index in [2.05, 4.69) is 40.2 Å². The highest BCUT2D eigenvalue weighted by atomic mass is 16.5. The summed E-state index contributed by atoms with van der Waals surface area (Å²) in [5, 5.41) is 3.00. The molecule has 0 saturated heterocycles. The molecule has 158 valence electrons. The quantitative estimate of drug-likeness (QED) is 0.435. The predicted molar refractivity (Wildman–Crippen MR) is 124 cm³/mol. The number of hydrogen-bond acceptors (Lipinski definition) is 3. The third-order valence-corrected chi connectivity index (χ3v) is 5.39. The molecule has 0 aliphatic heterocycles. The smallest absolute Gasteiger partial charge is 0.251 e. The van der Waals surface area contributed by atoms with Crippen molar-refractivity contribution in [3.8, 4) is 5.75 Å². The van der Waals surface area contributed by atoms with Gasteiger partial charge in [0.05, 0.1) is 18.1 Å². The number of aromatic nitrogens is 2. The third kappa shape index (κ3) is 5.12. The molecule has 0 fully saturated rings. The Hall–Kier alpha value is -3.60. The molecule has 1 aromatic heterocycles. The lowest BCUT2D eigenvalue weighted by molar-refractivity contribution is 0.0953. The minimum atomic E-state index is -0.106. The van der Waals surface area contributed by atoms with Crippen molar-refractivity contribution >= 4 is 16.9 Å². The van der Waals surface area contributed by atoms with Gasteiger partial charge >= 0.3 is 0 Å². The number of carbonyl (C=O) groups excluding carboxylic acids is 1. The van der Waals surface area contributed by atoms with Gasteiger partial charge in [0.25, 0.3) is 5.91 Å². The van der Waals surface area contributed by atoms with Crippen LogP contribution in [0.25, 0.3) is 11.0 Å². The summed E-state index contributed by atoms with van der Waals surface area (Å²) in [5.74, 6) is 1.57. The van der Waals surface area contributed by atoms with Crippen molar-refractivity contribution in [1.29, 1.82) is 0 Å². The number of imidazole rings is 1. The number of fused-ring (bicyclic) bond motifs is 1. The minimum Gasteiger partial charge on any atom is -0.497 e. The number of nitrogens with zero attached hydrogens (tertiary/aromatic N) is 2. The van der Waals surface area contributed by atoms with Crippen LogP contribution in [0, 0.1) is 0 Å². The van der Waals surface area contributed by atoms with E-state index in [1.54, 1.807) is 19.2 Å². The Morgan fingerprint density at radius 3 is 2.61 bits per heavy atom. The molecule has 4 rings (SSSR count). The van der Waals surface area contributed by atoms with E-state index < -0.39 is 0 Å². The molecule has 1 amide bonds. The van der Waals surface area contributed by atoms with Crippen LogP contribution < -0.4 is 10.1 Å². The van der Waals surface area contributed by atoms with Gasteiger partial charge in [-0.1, -0.05) is 48.5 Å². The van der Waals surface area contributed by atoms with Crippen LogP contribution >= 0.6 is 0 Å². The molecule has 0 bridgehead atoms. The van der Waals surface area contributed by atoms with Crippen LogP contribution in [0.15, 0.2) is 78.9 Å². The Kier molecular flexibility index (Phi) is 6.62. The van der Waals surface area contributed by atoms with E-state index in [9.17, 15) is 4.79 Å². The van der Waals surface area contributed by atoms with Crippen molar-refractivity contribution in [3.05, 3.63) is 95.8 Å². The highest BCUT2D eigenvalue weighted by Gasteiger charge is 2.12. The summed E-state index contributed by atoms with van der Waals surface area (Å²) < 4.78 is 7.49. The van der Waals surface area contributed by atoms with Gasteiger partial charge in [0.1, 0.15) is 11.6 Å². The maximum atomic E-state index is 12.5. The van der Waals surface area contributed by atoms with Gasteiger partial charge in [-0.05, 0) is 48.7 Å². The van der Waals surface area contributed by atoms with E-state index in [0.29, 0.717) is 24.3 Å². The van der Waals surface area contributed by atoms with Gasteiger partial charge in [-0.15, -0.1) is 0 Å². The predicted octanol–water partition coefficient (Wildman–Crippen LogP) is 4.65. The molecular formula is C26H27N3O2. The Morgan fingerprint density at radius 1 is 0.968 bits per heavy atom. The normalized spacial score (nSPS) is 10.9. The lowest BCUT2D eigenvalue weighted by Gasteiger charge is -2.10. The van der Waals surface area contributed by atoms with Crippen molar-refractivity contribution in [2.24, 2.45) is 0 Å². The van der Waals surface area contributed by atoms with Crippen molar-refractivity contribution in [2.75, 3.05) is 13.7 Å². The first-order valence-corrected chi connectivity index (χ1v) is 10.6. The number of methoxy groups -OCH3 is 1. The van der Waals surface area contributed by atoms with Gasteiger partial charge in [-0.3, -0.25) is 4.79 Å². The summed E-state index contributed by atoms with van der Waals surface area (Å²) in [6.07, 6.45) is 2.74. The number of nitrogens with one attached hydrogen (secondary N) is 1. The van der Waals surface area contributed by atoms with E-state index in [0.717, 1.165) is 36.2 Å². The fourth-order valence-corrected chi connectivity index (χ4v) is 3.81. The zero-order valence-corrected chi connectivity index (χ0v) is 17.8. The molecule has 0 aliphatic rings. The van der Waals surface area contributed by atoms with Crippen molar-refractivity contribution in [1.82, 2.24) is 14.9 Å². The molecule has 0 aliphatic carbocycles. The van der Waals surface area contributed by atoms with Crippen LogP contribution in [0.5, 0.6) is 5.75 Å². The lowest BCUT2D eigenvalue weighted by Crippen LogP contribution is -2.26. The molecule has 0 atom stereocenters. The zero-order valence-electron chi connectivity index (χ0n) is 17.8. The molecule has 0 unspecified atom stereocenters. The van der Waals surface area contributed by atoms with E-state index in [1.807, 2.05) is 36.4 Å². The number of benzene rings is 3. The Balaban J connectivity index is 1.41. The monoisotopic (exact) mass is 413 g/mol. The SMILES string of the molecule is COc1cccc(C(=O)NCCc2nc3ccccc3n2CCCc2ccccc2)c1. The number of carbonyl (C=O) groups is 1. The summed E-state index contributed by atoms with van der Waals surface area (Å²) in [6.45, 7) is 1.42. The first-order chi connectivity index (χ1) is 15.2. The van der Waals surface area contributed by atoms with Crippen LogP contribution in [0.2, 0.25) is 0 Å². The topological polar surface area (TPSA) is 56.1 Å². The summed E-state index contributed by atoms with van der Waals surface area (Å²) in [5.41, 5.74) is 4.08. The number of rotatable bonds is 9. The number of amides is 1. The van der Waals surface area contributed by atoms with Crippen molar-refractivity contribution in [3.63, 3.8) is 0 Å². The molecule has 1 N–H and O–H groups in total. The van der Waals surface area contributed by atoms with E-state index >= 15 is 0 Å². The molecular weight excluding hydrogens is 386 g/mol. The van der Waals surface area contributed by atoms with Crippen LogP contribution in [0.3, 0.4) is 0 Å². The van der Waals surface area contributed by atoms with Gasteiger partial charge < -0.3 is 14.6 Å². The summed E-state index contributed by atoms with van der Waals surface area (Å²) in [4.78, 5) is 17.3. The standard InChI is InChI=1S/C26H27N3O2/c1-31-22-13-7-12-21(19-22)26(30)27-17-16-25-28-23-14-5-6-15-24(23)29(25)18-8-11-20-9-3-2-4-10-20/h2-7,9-10,12-15,19H,8,11,16-18H2,1H3,(H,27,30). The first kappa shape index (κ1) is 20.7. The van der Waals surface area contributed by atoms with E-state index in [-0.39, 0.29) is 5.91 Å². The molecule has 0 spiro atoms. The maximum Gasteiger partial charge on any atom is 0.251 e. The average molecular weight is 414 g/mol. The largest absolute Gasteiger partial charge is 0.497 e. The number of para-hydroxylation sites is 2. The molecule has 1 heterocycles. The highest BCUT2D eigenvalue weighted by Crippen LogP contribution is 2.18. The Bertz CT molecular complexity index is 1150. The Morgan fingerprint density at radius 2 is 1.77 bits per heavy atom. The molecule has 5 nitrogen and oxygen atoms in total. The highest BCUT2D eigenvalue weighted by molar-refractivity contribution is 5.94. The number of hydrogen-bond donors (Lipinski definition) is 1. The second-order valence-corrected chi connectivity index (χ2v) is 7.50. The third-order valence-electron chi connectivity index (χ3n) is 5.39. The van der Waals surface area contributed by atoms with Crippen LogP contribution in [0.1, 0.15) is 28.2 Å². The van der Waals surface area contributed by atoms with Gasteiger partial charge in [0, 0.05) is 25.1 Å². The summed E-state index contributed by atoms with van der Waals surface area (Å²) in [7, 11) is 1.60. The van der Waals surface area contributed by atoms with E-state index in [1.165, 1.54) is 5.56 Å². The molecule has 0 radical (unpaired) electrons. The molecule has 4 aromatic rings. The Labute approximate surface area is 182 Å². The van der Waals surface area contributed by atoms with Crippen LogP contribution in [-0.2, 0) is 19.4 Å². The summed E-state index contributed by atoms with van der Waals surface area (Å²) >= 11 is 0. The summed E-state index contributed by atoms with van der Waals surface area (Å²) in [6, 6.07) is 25.9. The number of aryl methyl sites for hydroxylation is 2. The minimum absolute atomic E-state index is 0.106. The van der Waals surface area contributed by atoms with Gasteiger partial charge in [-0.25, -0.2) is 4.98 Å². The van der Waals surface area contributed by atoms with Gasteiger partial charge in [0.15, 0.2) is 0 Å². The fourth-order valence-electron chi connectivity index (χ4n) is 3.81. The molecule has 0 saturated carbocycles. The average Bonchev–Trinajstić information content (AvgIpc) is 3.17. The van der Waals surface area contributed by atoms with Crippen LogP contribution in [0.4, 0.5) is 0 Å². The van der Waals surface area contributed by atoms with Gasteiger partial charge in [0.2, 0.25) is 0 Å². The lowest BCUT2D eigenvalue weighted by atomic mass is 10.1. The fraction of sp³-hybridized carbons (Fsp3) is 0.231. The molecule has 3 aromatic carbocycles. The van der Waals surface area contributed by atoms with Gasteiger partial charge in [-0.2, -0.15) is 0 Å².